The quantitative estimate of drug-likeness (QED) is 0.278. The molecular weight excluding hydrogens is 556 g/mol. The van der Waals surface area contributed by atoms with Crippen molar-refractivity contribution in [1.29, 1.82) is 0 Å². The number of para-hydroxylation sites is 1. The molecule has 1 N–H and O–H groups in total. The van der Waals surface area contributed by atoms with Gasteiger partial charge in [-0.1, -0.05) is 54.6 Å². The summed E-state index contributed by atoms with van der Waals surface area (Å²) < 4.78 is 16.5. The van der Waals surface area contributed by atoms with E-state index in [0.29, 0.717) is 34.1 Å². The molecule has 0 aromatic heterocycles. The lowest BCUT2D eigenvalue weighted by atomic mass is 9.62. The van der Waals surface area contributed by atoms with Gasteiger partial charge in [-0.15, -0.1) is 0 Å². The topological polar surface area (TPSA) is 94.2 Å². The van der Waals surface area contributed by atoms with Gasteiger partial charge in [-0.05, 0) is 53.1 Å². The van der Waals surface area contributed by atoms with Crippen LogP contribution in [0.2, 0.25) is 0 Å². The van der Waals surface area contributed by atoms with Crippen molar-refractivity contribution in [3.63, 3.8) is 0 Å². The van der Waals surface area contributed by atoms with Crippen LogP contribution in [0.1, 0.15) is 43.4 Å². The van der Waals surface area contributed by atoms with Crippen molar-refractivity contribution >= 4 is 29.2 Å². The molecule has 1 amide bonds. The monoisotopic (exact) mass is 586 g/mol. The van der Waals surface area contributed by atoms with Gasteiger partial charge in [-0.3, -0.25) is 14.4 Å². The number of carbonyl (C=O) groups is 3. The molecule has 0 unspecified atom stereocenters. The van der Waals surface area contributed by atoms with Crippen LogP contribution in [0.15, 0.2) is 97.2 Å². The minimum absolute atomic E-state index is 0.260. The van der Waals surface area contributed by atoms with Gasteiger partial charge in [0.1, 0.15) is 28.7 Å². The lowest BCUT2D eigenvalue weighted by Gasteiger charge is -2.38. The molecule has 8 heteroatoms. The second kappa shape index (κ2) is 10.4. The van der Waals surface area contributed by atoms with Crippen LogP contribution in [0.3, 0.4) is 0 Å². The second-order valence-corrected chi connectivity index (χ2v) is 11.1. The van der Waals surface area contributed by atoms with E-state index in [9.17, 15) is 9.59 Å². The Morgan fingerprint density at radius 3 is 2.34 bits per heavy atom. The molecule has 0 saturated carbocycles. The van der Waals surface area contributed by atoms with Crippen LogP contribution in [0, 0.1) is 5.92 Å². The van der Waals surface area contributed by atoms with Gasteiger partial charge in [-0.25, -0.2) is 0 Å². The number of Topliss-reactive ketones (excluding diaryl/α,β-unsaturated/α-hetero) is 2. The van der Waals surface area contributed by atoms with E-state index >= 15 is 4.79 Å². The molecule has 1 saturated heterocycles. The maximum absolute atomic E-state index is 15.1. The number of rotatable bonds is 7. The number of fused-ring (bicyclic) bond motifs is 6. The van der Waals surface area contributed by atoms with Crippen molar-refractivity contribution in [3.05, 3.63) is 125 Å². The Bertz CT molecular complexity index is 1870. The smallest absolute Gasteiger partial charge is 0.238 e. The molecule has 1 spiro atoms. The molecule has 0 bridgehead atoms. The summed E-state index contributed by atoms with van der Waals surface area (Å²) in [5.41, 5.74) is 2.28. The van der Waals surface area contributed by atoms with Gasteiger partial charge in [0, 0.05) is 23.5 Å². The number of nitrogens with one attached hydrogen (secondary N) is 1. The van der Waals surface area contributed by atoms with Crippen molar-refractivity contribution in [2.45, 2.75) is 17.5 Å². The van der Waals surface area contributed by atoms with Gasteiger partial charge in [-0.2, -0.15) is 0 Å². The van der Waals surface area contributed by atoms with Gasteiger partial charge in [0.2, 0.25) is 5.91 Å². The molecular formula is C36H30N2O6. The SMILES string of the molecule is COc1cccc(C(=O)[C@@H]2[C@H](C(=O)c3ccc(OC)cc3OC)[C@]3(C(=O)Nc4ccccc43)[C@H]3c4ccccc4C=CN23)c1. The molecule has 44 heavy (non-hydrogen) atoms. The van der Waals surface area contributed by atoms with Crippen molar-refractivity contribution in [1.82, 2.24) is 4.90 Å². The van der Waals surface area contributed by atoms with Gasteiger partial charge < -0.3 is 24.4 Å². The highest BCUT2D eigenvalue weighted by Gasteiger charge is 2.70. The predicted octanol–water partition coefficient (Wildman–Crippen LogP) is 5.69. The van der Waals surface area contributed by atoms with E-state index in [1.54, 1.807) is 42.5 Å². The van der Waals surface area contributed by atoms with E-state index in [4.69, 9.17) is 14.2 Å². The zero-order valence-electron chi connectivity index (χ0n) is 24.4. The fraction of sp³-hybridized carbons (Fsp3) is 0.194. The zero-order valence-corrected chi connectivity index (χ0v) is 24.4. The molecule has 4 aromatic rings. The Kier molecular flexibility index (Phi) is 6.50. The molecule has 0 aliphatic carbocycles. The van der Waals surface area contributed by atoms with Crippen LogP contribution in [-0.2, 0) is 10.2 Å². The number of ketones is 2. The fourth-order valence-electron chi connectivity index (χ4n) is 7.28. The van der Waals surface area contributed by atoms with Gasteiger partial charge >= 0.3 is 0 Å². The Hall–Kier alpha value is -5.37. The molecule has 3 aliphatic rings. The number of methoxy groups -OCH3 is 3. The summed E-state index contributed by atoms with van der Waals surface area (Å²) in [7, 11) is 4.55. The Labute approximate surface area is 254 Å². The van der Waals surface area contributed by atoms with Gasteiger partial charge in [0.15, 0.2) is 11.6 Å². The summed E-state index contributed by atoms with van der Waals surface area (Å²) in [6, 6.07) is 25.4. The van der Waals surface area contributed by atoms with Crippen LogP contribution >= 0.6 is 0 Å². The van der Waals surface area contributed by atoms with Crippen LogP contribution in [0.25, 0.3) is 6.08 Å². The van der Waals surface area contributed by atoms with Crippen LogP contribution < -0.4 is 19.5 Å². The van der Waals surface area contributed by atoms with Crippen molar-refractivity contribution in [2.75, 3.05) is 26.6 Å². The third kappa shape index (κ3) is 3.80. The Balaban J connectivity index is 1.53. The normalized spacial score (nSPS) is 22.6. The molecule has 8 nitrogen and oxygen atoms in total. The summed E-state index contributed by atoms with van der Waals surface area (Å²) in [5.74, 6) is -0.802. The fourth-order valence-corrected chi connectivity index (χ4v) is 7.28. The predicted molar refractivity (Wildman–Crippen MR) is 165 cm³/mol. The van der Waals surface area contributed by atoms with E-state index in [1.807, 2.05) is 65.7 Å². The minimum atomic E-state index is -1.45. The van der Waals surface area contributed by atoms with E-state index in [0.717, 1.165) is 11.1 Å². The van der Waals surface area contributed by atoms with E-state index in [-0.39, 0.29) is 23.0 Å². The Morgan fingerprint density at radius 2 is 1.55 bits per heavy atom. The zero-order chi connectivity index (χ0) is 30.6. The summed E-state index contributed by atoms with van der Waals surface area (Å²) in [6.07, 6.45) is 3.79. The van der Waals surface area contributed by atoms with Crippen LogP contribution in [0.4, 0.5) is 5.69 Å². The third-order valence-electron chi connectivity index (χ3n) is 9.15. The van der Waals surface area contributed by atoms with Crippen molar-refractivity contribution in [2.24, 2.45) is 5.92 Å². The first-order chi connectivity index (χ1) is 21.4. The molecule has 4 aromatic carbocycles. The van der Waals surface area contributed by atoms with Crippen molar-refractivity contribution in [3.8, 4) is 17.2 Å². The average molecular weight is 587 g/mol. The first-order valence-corrected chi connectivity index (χ1v) is 14.3. The Morgan fingerprint density at radius 1 is 0.795 bits per heavy atom. The van der Waals surface area contributed by atoms with E-state index in [1.165, 1.54) is 21.3 Å². The number of hydrogen-bond donors (Lipinski definition) is 1. The molecule has 3 heterocycles. The van der Waals surface area contributed by atoms with Gasteiger partial charge in [0.05, 0.1) is 38.9 Å². The molecule has 1 fully saturated rings. The van der Waals surface area contributed by atoms with Crippen molar-refractivity contribution < 1.29 is 28.6 Å². The average Bonchev–Trinajstić information content (AvgIpc) is 3.55. The summed E-state index contributed by atoms with van der Waals surface area (Å²) in [5, 5.41) is 3.07. The number of benzene rings is 4. The van der Waals surface area contributed by atoms with Crippen LogP contribution in [0.5, 0.6) is 17.2 Å². The molecule has 220 valence electrons. The van der Waals surface area contributed by atoms with Gasteiger partial charge in [0.25, 0.3) is 0 Å². The second-order valence-electron chi connectivity index (χ2n) is 11.1. The first-order valence-electron chi connectivity index (χ1n) is 14.3. The number of hydrogen-bond acceptors (Lipinski definition) is 7. The third-order valence-corrected chi connectivity index (χ3v) is 9.15. The van der Waals surface area contributed by atoms with E-state index < -0.39 is 23.4 Å². The number of amides is 1. The lowest BCUT2D eigenvalue weighted by molar-refractivity contribution is -0.122. The largest absolute Gasteiger partial charge is 0.497 e. The number of carbonyl (C=O) groups excluding carboxylic acids is 3. The number of nitrogens with zero attached hydrogens (tertiary/aromatic N) is 1. The highest BCUT2D eigenvalue weighted by Crippen LogP contribution is 2.62. The van der Waals surface area contributed by atoms with Crippen LogP contribution in [-0.4, -0.2) is 49.7 Å². The number of anilines is 1. The molecule has 3 aliphatic heterocycles. The summed E-state index contributed by atoms with van der Waals surface area (Å²) in [4.78, 5) is 46.5. The molecule has 7 rings (SSSR count). The standard InChI is InChI=1S/C36H30N2O6/c1-42-23-11-8-10-22(19-23)32(39)31-30(33(40)26-16-15-24(43-2)20-29(26)44-3)36(27-13-6-7-14-28(27)37-35(36)41)34-25-12-5-4-9-21(25)17-18-38(31)34/h4-20,30-31,34H,1-3H3,(H,37,41)/t30-,31+,34-,36+/m1/s1. The van der Waals surface area contributed by atoms with E-state index in [2.05, 4.69) is 5.32 Å². The maximum atomic E-state index is 15.1. The molecule has 0 radical (unpaired) electrons. The highest BCUT2D eigenvalue weighted by molar-refractivity contribution is 6.17. The highest BCUT2D eigenvalue weighted by atomic mass is 16.5. The minimum Gasteiger partial charge on any atom is -0.497 e. The lowest BCUT2D eigenvalue weighted by Crippen LogP contribution is -2.49. The maximum Gasteiger partial charge on any atom is 0.238 e. The number of ether oxygens (including phenoxy) is 3. The first kappa shape index (κ1) is 27.5. The summed E-state index contributed by atoms with van der Waals surface area (Å²) >= 11 is 0. The summed E-state index contributed by atoms with van der Waals surface area (Å²) in [6.45, 7) is 0. The molecule has 4 atom stereocenters.